The van der Waals surface area contributed by atoms with E-state index in [0.29, 0.717) is 30.5 Å². The third kappa shape index (κ3) is 3.92. The van der Waals surface area contributed by atoms with Gasteiger partial charge < -0.3 is 19.8 Å². The van der Waals surface area contributed by atoms with Gasteiger partial charge in [-0.3, -0.25) is 9.58 Å². The highest BCUT2D eigenvalue weighted by Gasteiger charge is 2.47. The van der Waals surface area contributed by atoms with Crippen molar-refractivity contribution in [2.24, 2.45) is 0 Å². The molecule has 7 rings (SSSR count). The van der Waals surface area contributed by atoms with Crippen LogP contribution in [0.3, 0.4) is 0 Å². The number of hydrogen-bond donors (Lipinski definition) is 1. The molecule has 0 atom stereocenters. The van der Waals surface area contributed by atoms with Crippen molar-refractivity contribution in [2.45, 2.75) is 24.4 Å². The summed E-state index contributed by atoms with van der Waals surface area (Å²) in [6.45, 7) is 4.40. The zero-order valence-electron chi connectivity index (χ0n) is 21.2. The van der Waals surface area contributed by atoms with Crippen LogP contribution in [0.2, 0.25) is 0 Å². The minimum Gasteiger partial charge on any atom is -0.616 e. The second-order valence-electron chi connectivity index (χ2n) is 10.3. The molecule has 0 spiro atoms. The third-order valence-corrected chi connectivity index (χ3v) is 9.50. The molecule has 0 amide bonds. The van der Waals surface area contributed by atoms with Crippen LogP contribution in [-0.2, 0) is 26.2 Å². The minimum absolute atomic E-state index is 0.188. The average Bonchev–Trinajstić information content (AvgIpc) is 3.56. The van der Waals surface area contributed by atoms with E-state index in [1.807, 2.05) is 16.8 Å². The molecule has 1 aromatic carbocycles. The topological polar surface area (TPSA) is 119 Å². The molecule has 0 saturated carbocycles. The first-order valence-electron chi connectivity index (χ1n) is 13.2. The minimum atomic E-state index is -0.724. The SMILES string of the molecule is Nc1ncnn2c(-c3cccc(C4(N5CC[S+]([O-])CC5)COC4)c3)cc(-c3ccnn3C3CCOCC3)c12. The molecular formula is C27H31N7O3S. The molecule has 3 aliphatic heterocycles. The quantitative estimate of drug-likeness (QED) is 0.389. The van der Waals surface area contributed by atoms with E-state index < -0.39 is 11.2 Å². The van der Waals surface area contributed by atoms with Gasteiger partial charge in [-0.2, -0.15) is 10.2 Å². The largest absolute Gasteiger partial charge is 0.616 e. The van der Waals surface area contributed by atoms with Crippen LogP contribution in [0.1, 0.15) is 24.4 Å². The van der Waals surface area contributed by atoms with Crippen LogP contribution in [0, 0.1) is 0 Å². The lowest BCUT2D eigenvalue weighted by Gasteiger charge is -2.51. The maximum atomic E-state index is 12.0. The zero-order valence-corrected chi connectivity index (χ0v) is 22.0. The van der Waals surface area contributed by atoms with Gasteiger partial charge in [0.05, 0.1) is 36.2 Å². The Bertz CT molecular complexity index is 1450. The molecule has 198 valence electrons. The lowest BCUT2D eigenvalue weighted by molar-refractivity contribution is -0.144. The van der Waals surface area contributed by atoms with Gasteiger partial charge in [0.2, 0.25) is 0 Å². The normalized spacial score (nSPS) is 21.1. The third-order valence-electron chi connectivity index (χ3n) is 8.23. The summed E-state index contributed by atoms with van der Waals surface area (Å²) < 4.78 is 27.3. The second-order valence-corrected chi connectivity index (χ2v) is 12.0. The number of aromatic nitrogens is 5. The highest BCUT2D eigenvalue weighted by Crippen LogP contribution is 2.41. The zero-order chi connectivity index (χ0) is 25.7. The molecule has 10 nitrogen and oxygen atoms in total. The van der Waals surface area contributed by atoms with Gasteiger partial charge in [0.1, 0.15) is 23.3 Å². The van der Waals surface area contributed by atoms with E-state index >= 15 is 0 Å². The number of nitrogen functional groups attached to an aromatic ring is 1. The van der Waals surface area contributed by atoms with Gasteiger partial charge >= 0.3 is 0 Å². The van der Waals surface area contributed by atoms with Gasteiger partial charge in [-0.1, -0.05) is 29.4 Å². The lowest BCUT2D eigenvalue weighted by Crippen LogP contribution is -2.62. The predicted molar refractivity (Wildman–Crippen MR) is 145 cm³/mol. The van der Waals surface area contributed by atoms with Gasteiger partial charge in [-0.05, 0) is 36.6 Å². The van der Waals surface area contributed by atoms with Crippen LogP contribution in [0.5, 0.6) is 0 Å². The van der Waals surface area contributed by atoms with Crippen molar-refractivity contribution in [1.29, 1.82) is 0 Å². The van der Waals surface area contributed by atoms with Gasteiger partial charge in [0.15, 0.2) is 5.82 Å². The monoisotopic (exact) mass is 533 g/mol. The fraction of sp³-hybridized carbons (Fsp3) is 0.444. The molecule has 0 bridgehead atoms. The molecule has 2 N–H and O–H groups in total. The van der Waals surface area contributed by atoms with Gasteiger partial charge in [0.25, 0.3) is 0 Å². The van der Waals surface area contributed by atoms with Crippen molar-refractivity contribution in [3.05, 3.63) is 54.5 Å². The Morgan fingerprint density at radius 1 is 1.00 bits per heavy atom. The van der Waals surface area contributed by atoms with E-state index in [-0.39, 0.29) is 11.6 Å². The first kappa shape index (κ1) is 24.1. The first-order valence-corrected chi connectivity index (χ1v) is 14.7. The van der Waals surface area contributed by atoms with Crippen molar-refractivity contribution in [3.63, 3.8) is 0 Å². The van der Waals surface area contributed by atoms with Crippen LogP contribution in [0.25, 0.3) is 28.0 Å². The van der Waals surface area contributed by atoms with Crippen LogP contribution in [0.4, 0.5) is 5.82 Å². The van der Waals surface area contributed by atoms with Crippen molar-refractivity contribution in [2.75, 3.05) is 56.8 Å². The Kier molecular flexibility index (Phi) is 6.12. The fourth-order valence-corrected chi connectivity index (χ4v) is 7.13. The maximum Gasteiger partial charge on any atom is 0.152 e. The van der Waals surface area contributed by atoms with Crippen LogP contribution in [-0.4, -0.2) is 84.9 Å². The molecule has 3 aromatic heterocycles. The molecular weight excluding hydrogens is 502 g/mol. The number of anilines is 1. The van der Waals surface area contributed by atoms with Gasteiger partial charge in [-0.15, -0.1) is 0 Å². The number of nitrogens with zero attached hydrogens (tertiary/aromatic N) is 6. The summed E-state index contributed by atoms with van der Waals surface area (Å²) in [7, 11) is 0. The predicted octanol–water partition coefficient (Wildman–Crippen LogP) is 2.48. The Balaban J connectivity index is 1.32. The number of fused-ring (bicyclic) bond motifs is 1. The Morgan fingerprint density at radius 2 is 1.82 bits per heavy atom. The van der Waals surface area contributed by atoms with E-state index in [0.717, 1.165) is 67.2 Å². The van der Waals surface area contributed by atoms with Crippen LogP contribution in [0.15, 0.2) is 48.9 Å². The number of rotatable bonds is 5. The van der Waals surface area contributed by atoms with E-state index in [1.54, 1.807) is 0 Å². The number of benzene rings is 1. The first-order chi connectivity index (χ1) is 18.6. The fourth-order valence-electron chi connectivity index (χ4n) is 6.08. The van der Waals surface area contributed by atoms with E-state index in [1.165, 1.54) is 11.9 Å². The summed E-state index contributed by atoms with van der Waals surface area (Å²) in [6, 6.07) is 13.1. The lowest BCUT2D eigenvalue weighted by atomic mass is 9.84. The number of ether oxygens (including phenoxy) is 2. The Hall–Kier alpha value is -2.96. The molecule has 0 radical (unpaired) electrons. The van der Waals surface area contributed by atoms with Crippen LogP contribution >= 0.6 is 0 Å². The summed E-state index contributed by atoms with van der Waals surface area (Å²) in [5.74, 6) is 1.86. The van der Waals surface area contributed by atoms with Crippen molar-refractivity contribution < 1.29 is 14.0 Å². The Morgan fingerprint density at radius 3 is 2.58 bits per heavy atom. The maximum absolute atomic E-state index is 12.0. The molecule has 6 heterocycles. The van der Waals surface area contributed by atoms with E-state index in [2.05, 4.69) is 55.1 Å². The van der Waals surface area contributed by atoms with Gasteiger partial charge in [0, 0.05) is 43.6 Å². The van der Waals surface area contributed by atoms with E-state index in [9.17, 15) is 4.55 Å². The summed E-state index contributed by atoms with van der Waals surface area (Å²) in [4.78, 5) is 6.77. The summed E-state index contributed by atoms with van der Waals surface area (Å²) in [5.41, 5.74) is 12.2. The highest BCUT2D eigenvalue weighted by atomic mass is 32.2. The number of hydrogen-bond acceptors (Lipinski definition) is 8. The van der Waals surface area contributed by atoms with Gasteiger partial charge in [-0.25, -0.2) is 9.50 Å². The molecule has 0 unspecified atom stereocenters. The summed E-state index contributed by atoms with van der Waals surface area (Å²) >= 11 is -0.724. The van der Waals surface area contributed by atoms with Crippen molar-refractivity contribution in [3.8, 4) is 22.5 Å². The van der Waals surface area contributed by atoms with E-state index in [4.69, 9.17) is 15.2 Å². The number of nitrogens with two attached hydrogens (primary N) is 1. The standard InChI is InChI=1S/C27H31N7O3S/c28-26-25-22(23-4-7-30-33(23)21-5-10-36-11-6-21)15-24(34(25)31-18-29-26)19-2-1-3-20(14-19)27(16-37-17-27)32-8-12-38(35)13-9-32/h1-4,7,14-15,18,21H,5-6,8-13,16-17H2,(H2,28,29,31). The summed E-state index contributed by atoms with van der Waals surface area (Å²) in [6.07, 6.45) is 5.20. The Labute approximate surface area is 223 Å². The highest BCUT2D eigenvalue weighted by molar-refractivity contribution is 7.91. The van der Waals surface area contributed by atoms with Crippen molar-refractivity contribution in [1.82, 2.24) is 29.3 Å². The van der Waals surface area contributed by atoms with Crippen LogP contribution < -0.4 is 5.73 Å². The molecule has 38 heavy (non-hydrogen) atoms. The second kappa shape index (κ2) is 9.65. The molecule has 11 heteroatoms. The molecule has 0 aliphatic carbocycles. The smallest absolute Gasteiger partial charge is 0.152 e. The molecule has 3 saturated heterocycles. The summed E-state index contributed by atoms with van der Waals surface area (Å²) in [5, 5.41) is 9.31. The molecule has 4 aromatic rings. The molecule has 3 fully saturated rings. The molecule has 3 aliphatic rings. The van der Waals surface area contributed by atoms with Crippen molar-refractivity contribution >= 4 is 22.5 Å². The average molecular weight is 534 g/mol.